The maximum Gasteiger partial charge on any atom is 0.255 e. The summed E-state index contributed by atoms with van der Waals surface area (Å²) in [4.78, 5) is 31.4. The van der Waals surface area contributed by atoms with Gasteiger partial charge < -0.3 is 15.0 Å². The molecule has 2 aliphatic rings. The second-order valence-corrected chi connectivity index (χ2v) is 8.29. The maximum absolute atomic E-state index is 12.9. The van der Waals surface area contributed by atoms with E-state index in [4.69, 9.17) is 4.74 Å². The fraction of sp³-hybridized carbons (Fsp3) is 0.458. The quantitative estimate of drug-likeness (QED) is 0.825. The number of piperidine rings is 1. The Morgan fingerprint density at radius 2 is 1.90 bits per heavy atom. The van der Waals surface area contributed by atoms with E-state index in [1.54, 1.807) is 12.3 Å². The Hall–Kier alpha value is -2.89. The van der Waals surface area contributed by atoms with Crippen molar-refractivity contribution >= 4 is 11.8 Å². The van der Waals surface area contributed by atoms with Crippen LogP contribution in [0.15, 0.2) is 42.6 Å². The van der Waals surface area contributed by atoms with E-state index in [1.165, 1.54) is 5.56 Å². The first-order chi connectivity index (χ1) is 14.5. The standard InChI is InChI=1S/C24H29N3O3/c1-3-17-14-26-23(28)22(17)21-9-6-18(15-25-21)24(29)27-12-10-20(11-13-27)30-19-7-4-16(2)5-8-19/h4-9,15,17,20,22H,3,10-14H2,1-2H3,(H,26,28)/t17?,22-/m1/s1. The molecule has 2 fully saturated rings. The van der Waals surface area contributed by atoms with Gasteiger partial charge in [0.15, 0.2) is 0 Å². The monoisotopic (exact) mass is 407 g/mol. The fourth-order valence-corrected chi connectivity index (χ4v) is 4.31. The average Bonchev–Trinajstić information content (AvgIpc) is 3.16. The molecule has 1 aromatic heterocycles. The minimum absolute atomic E-state index is 0.00856. The van der Waals surface area contributed by atoms with Crippen molar-refractivity contribution in [2.75, 3.05) is 19.6 Å². The van der Waals surface area contributed by atoms with Crippen molar-refractivity contribution in [3.05, 3.63) is 59.4 Å². The Morgan fingerprint density at radius 1 is 1.17 bits per heavy atom. The number of amides is 2. The molecule has 3 heterocycles. The van der Waals surface area contributed by atoms with Crippen LogP contribution in [0, 0.1) is 12.8 Å². The fourth-order valence-electron chi connectivity index (χ4n) is 4.31. The lowest BCUT2D eigenvalue weighted by Gasteiger charge is -2.32. The molecule has 6 heteroatoms. The van der Waals surface area contributed by atoms with E-state index in [0.717, 1.165) is 30.7 Å². The number of ether oxygens (including phenoxy) is 1. The first-order valence-electron chi connectivity index (χ1n) is 10.8. The van der Waals surface area contributed by atoms with E-state index in [9.17, 15) is 9.59 Å². The molecular formula is C24H29N3O3. The number of benzene rings is 1. The van der Waals surface area contributed by atoms with Crippen LogP contribution in [0.5, 0.6) is 5.75 Å². The van der Waals surface area contributed by atoms with Crippen LogP contribution in [0.25, 0.3) is 0 Å². The molecule has 30 heavy (non-hydrogen) atoms. The number of carbonyl (C=O) groups excluding carboxylic acids is 2. The smallest absolute Gasteiger partial charge is 0.255 e. The summed E-state index contributed by atoms with van der Waals surface area (Å²) in [5, 5.41) is 2.92. The number of nitrogens with one attached hydrogen (secondary N) is 1. The molecule has 158 valence electrons. The SMILES string of the molecule is CCC1CNC(=O)[C@H]1c1ccc(C(=O)N2CCC(Oc3ccc(C)cc3)CC2)cn1. The highest BCUT2D eigenvalue weighted by atomic mass is 16.5. The highest BCUT2D eigenvalue weighted by Crippen LogP contribution is 2.30. The van der Waals surface area contributed by atoms with Crippen LogP contribution in [0.1, 0.15) is 53.7 Å². The van der Waals surface area contributed by atoms with Crippen LogP contribution < -0.4 is 10.1 Å². The van der Waals surface area contributed by atoms with E-state index in [1.807, 2.05) is 35.2 Å². The van der Waals surface area contributed by atoms with Gasteiger partial charge in [0.1, 0.15) is 11.9 Å². The molecule has 0 radical (unpaired) electrons. The molecule has 0 spiro atoms. The van der Waals surface area contributed by atoms with Gasteiger partial charge in [-0.15, -0.1) is 0 Å². The number of hydrogen-bond donors (Lipinski definition) is 1. The summed E-state index contributed by atoms with van der Waals surface area (Å²) in [5.41, 5.74) is 2.53. The predicted octanol–water partition coefficient (Wildman–Crippen LogP) is 3.31. The van der Waals surface area contributed by atoms with Crippen molar-refractivity contribution in [3.63, 3.8) is 0 Å². The Morgan fingerprint density at radius 3 is 2.53 bits per heavy atom. The highest BCUT2D eigenvalue weighted by molar-refractivity contribution is 5.94. The normalized spacial score (nSPS) is 22.1. The van der Waals surface area contributed by atoms with E-state index in [0.29, 0.717) is 25.2 Å². The number of rotatable bonds is 5. The Kier molecular flexibility index (Phi) is 6.02. The summed E-state index contributed by atoms with van der Waals surface area (Å²) in [6.07, 6.45) is 4.29. The lowest BCUT2D eigenvalue weighted by atomic mass is 9.90. The lowest BCUT2D eigenvalue weighted by molar-refractivity contribution is -0.120. The summed E-state index contributed by atoms with van der Waals surface area (Å²) >= 11 is 0. The zero-order valence-electron chi connectivity index (χ0n) is 17.6. The van der Waals surface area contributed by atoms with Crippen molar-refractivity contribution in [3.8, 4) is 5.75 Å². The third kappa shape index (κ3) is 4.32. The highest BCUT2D eigenvalue weighted by Gasteiger charge is 2.35. The summed E-state index contributed by atoms with van der Waals surface area (Å²) in [6, 6.07) is 11.7. The van der Waals surface area contributed by atoms with Gasteiger partial charge in [-0.3, -0.25) is 14.6 Å². The first kappa shape index (κ1) is 20.4. The molecule has 0 bridgehead atoms. The van der Waals surface area contributed by atoms with E-state index >= 15 is 0 Å². The summed E-state index contributed by atoms with van der Waals surface area (Å²) in [6.45, 7) is 6.17. The number of aryl methyl sites for hydroxylation is 1. The molecule has 4 rings (SSSR count). The van der Waals surface area contributed by atoms with Gasteiger partial charge in [0.2, 0.25) is 5.91 Å². The van der Waals surface area contributed by atoms with E-state index < -0.39 is 0 Å². The van der Waals surface area contributed by atoms with Crippen LogP contribution in [0.4, 0.5) is 0 Å². The zero-order valence-corrected chi connectivity index (χ0v) is 17.6. The number of hydrogen-bond acceptors (Lipinski definition) is 4. The Labute approximate surface area is 177 Å². The molecule has 2 amide bonds. The number of likely N-dealkylation sites (tertiary alicyclic amines) is 1. The molecule has 0 aliphatic carbocycles. The van der Waals surface area contributed by atoms with Gasteiger partial charge in [-0.25, -0.2) is 0 Å². The van der Waals surface area contributed by atoms with Crippen molar-refractivity contribution in [1.29, 1.82) is 0 Å². The van der Waals surface area contributed by atoms with Gasteiger partial charge in [0, 0.05) is 38.7 Å². The number of carbonyl (C=O) groups is 2. The van der Waals surface area contributed by atoms with Gasteiger partial charge in [-0.1, -0.05) is 31.0 Å². The van der Waals surface area contributed by atoms with Crippen LogP contribution in [-0.2, 0) is 4.79 Å². The third-order valence-electron chi connectivity index (χ3n) is 6.22. The molecule has 1 unspecified atom stereocenters. The third-order valence-corrected chi connectivity index (χ3v) is 6.22. The van der Waals surface area contributed by atoms with Gasteiger partial charge in [0.05, 0.1) is 17.2 Å². The molecule has 6 nitrogen and oxygen atoms in total. The molecule has 2 saturated heterocycles. The Balaban J connectivity index is 1.34. The molecule has 1 N–H and O–H groups in total. The maximum atomic E-state index is 12.9. The summed E-state index contributed by atoms with van der Waals surface area (Å²) in [5.74, 6) is 0.953. The predicted molar refractivity (Wildman–Crippen MR) is 115 cm³/mol. The minimum atomic E-state index is -0.214. The van der Waals surface area contributed by atoms with Crippen LogP contribution in [0.3, 0.4) is 0 Å². The number of pyridine rings is 1. The molecular weight excluding hydrogens is 378 g/mol. The van der Waals surface area contributed by atoms with Gasteiger partial charge in [-0.2, -0.15) is 0 Å². The number of aromatic nitrogens is 1. The van der Waals surface area contributed by atoms with Crippen LogP contribution in [0.2, 0.25) is 0 Å². The first-order valence-corrected chi connectivity index (χ1v) is 10.8. The van der Waals surface area contributed by atoms with E-state index in [2.05, 4.69) is 24.1 Å². The van der Waals surface area contributed by atoms with Gasteiger partial charge in [-0.05, 0) is 37.1 Å². The molecule has 2 aromatic rings. The second kappa shape index (κ2) is 8.86. The van der Waals surface area contributed by atoms with Gasteiger partial charge >= 0.3 is 0 Å². The van der Waals surface area contributed by atoms with Crippen LogP contribution in [-0.4, -0.2) is 47.4 Å². The molecule has 0 saturated carbocycles. The van der Waals surface area contributed by atoms with Crippen molar-refractivity contribution in [2.24, 2.45) is 5.92 Å². The molecule has 1 aromatic carbocycles. The van der Waals surface area contributed by atoms with Crippen molar-refractivity contribution < 1.29 is 14.3 Å². The zero-order chi connectivity index (χ0) is 21.1. The molecule has 2 aliphatic heterocycles. The minimum Gasteiger partial charge on any atom is -0.490 e. The van der Waals surface area contributed by atoms with Crippen molar-refractivity contribution in [1.82, 2.24) is 15.2 Å². The Bertz CT molecular complexity index is 887. The van der Waals surface area contributed by atoms with Crippen LogP contribution >= 0.6 is 0 Å². The topological polar surface area (TPSA) is 71.5 Å². The summed E-state index contributed by atoms with van der Waals surface area (Å²) in [7, 11) is 0. The largest absolute Gasteiger partial charge is 0.490 e. The lowest BCUT2D eigenvalue weighted by Crippen LogP contribution is -2.41. The second-order valence-electron chi connectivity index (χ2n) is 8.29. The van der Waals surface area contributed by atoms with Crippen molar-refractivity contribution in [2.45, 2.75) is 45.1 Å². The van der Waals surface area contributed by atoms with E-state index in [-0.39, 0.29) is 29.8 Å². The number of nitrogens with zero attached hydrogens (tertiary/aromatic N) is 2. The average molecular weight is 408 g/mol. The molecule has 2 atom stereocenters. The summed E-state index contributed by atoms with van der Waals surface area (Å²) < 4.78 is 6.06. The van der Waals surface area contributed by atoms with Gasteiger partial charge in [0.25, 0.3) is 5.91 Å².